The Morgan fingerprint density at radius 2 is 2.08 bits per heavy atom. The lowest BCUT2D eigenvalue weighted by Crippen LogP contribution is -2.50. The zero-order valence-corrected chi connectivity index (χ0v) is 14.3. The number of hydrogen-bond acceptors (Lipinski definition) is 7. The van der Waals surface area contributed by atoms with Crippen LogP contribution in [0.5, 0.6) is 5.75 Å². The van der Waals surface area contributed by atoms with Crippen molar-refractivity contribution in [1.29, 1.82) is 0 Å². The number of hydrogen-bond donors (Lipinski definition) is 0. The molecule has 4 rings (SSSR count). The normalized spacial score (nSPS) is 14.1. The van der Waals surface area contributed by atoms with Crippen molar-refractivity contribution in [3.05, 3.63) is 53.8 Å². The molecule has 0 radical (unpaired) electrons. The van der Waals surface area contributed by atoms with Crippen LogP contribution < -0.4 is 4.74 Å². The van der Waals surface area contributed by atoms with Crippen molar-refractivity contribution in [3.63, 3.8) is 0 Å². The largest absolute Gasteiger partial charge is 0.484 e. The first-order valence-corrected chi connectivity index (χ1v) is 8.33. The third-order valence-corrected chi connectivity index (χ3v) is 4.25. The highest BCUT2D eigenvalue weighted by molar-refractivity contribution is 6.30. The van der Waals surface area contributed by atoms with Crippen LogP contribution in [0.3, 0.4) is 0 Å². The maximum Gasteiger partial charge on any atom is 0.260 e. The molecular formula is C17H14ClN5O3. The number of amides is 1. The van der Waals surface area contributed by atoms with Crippen molar-refractivity contribution in [2.75, 3.05) is 19.7 Å². The number of likely N-dealkylation sites (tertiary alicyclic amines) is 1. The second-order valence-electron chi connectivity index (χ2n) is 5.79. The second-order valence-corrected chi connectivity index (χ2v) is 6.22. The molecule has 0 N–H and O–H groups in total. The number of carbonyl (C=O) groups excluding carboxylic acids is 1. The predicted molar refractivity (Wildman–Crippen MR) is 91.6 cm³/mol. The molecule has 1 fully saturated rings. The van der Waals surface area contributed by atoms with E-state index < -0.39 is 0 Å². The summed E-state index contributed by atoms with van der Waals surface area (Å²) in [6, 6.07) is 6.87. The molecule has 1 aliphatic rings. The third kappa shape index (κ3) is 3.50. The Balaban J connectivity index is 1.29. The van der Waals surface area contributed by atoms with E-state index in [-0.39, 0.29) is 18.4 Å². The van der Waals surface area contributed by atoms with Crippen molar-refractivity contribution in [1.82, 2.24) is 25.0 Å². The van der Waals surface area contributed by atoms with Crippen LogP contribution >= 0.6 is 11.6 Å². The monoisotopic (exact) mass is 371 g/mol. The molecule has 1 amide bonds. The van der Waals surface area contributed by atoms with E-state index in [0.29, 0.717) is 41.3 Å². The molecule has 3 heterocycles. The van der Waals surface area contributed by atoms with Crippen LogP contribution in [0, 0.1) is 0 Å². The number of nitrogens with zero attached hydrogens (tertiary/aromatic N) is 5. The van der Waals surface area contributed by atoms with Crippen molar-refractivity contribution < 1.29 is 14.1 Å². The Labute approximate surface area is 153 Å². The lowest BCUT2D eigenvalue weighted by molar-refractivity contribution is -0.138. The van der Waals surface area contributed by atoms with Gasteiger partial charge in [0.1, 0.15) is 11.4 Å². The zero-order valence-electron chi connectivity index (χ0n) is 13.6. The Bertz CT molecular complexity index is 894. The van der Waals surface area contributed by atoms with Gasteiger partial charge in [-0.15, -0.1) is 0 Å². The zero-order chi connectivity index (χ0) is 17.9. The molecule has 0 unspecified atom stereocenters. The van der Waals surface area contributed by atoms with E-state index in [2.05, 4.69) is 20.1 Å². The molecule has 2 aromatic heterocycles. The van der Waals surface area contributed by atoms with E-state index in [1.54, 1.807) is 47.8 Å². The Morgan fingerprint density at radius 3 is 2.81 bits per heavy atom. The molecule has 0 saturated carbocycles. The van der Waals surface area contributed by atoms with Gasteiger partial charge in [-0.2, -0.15) is 4.98 Å². The number of carbonyl (C=O) groups is 1. The molecule has 1 saturated heterocycles. The fraction of sp³-hybridized carbons (Fsp3) is 0.235. The first-order valence-electron chi connectivity index (χ1n) is 7.95. The summed E-state index contributed by atoms with van der Waals surface area (Å²) < 4.78 is 10.7. The quantitative estimate of drug-likeness (QED) is 0.678. The Hall–Kier alpha value is -3.00. The SMILES string of the molecule is O=C(COc1ccc(Cl)cc1)N1CC(c2nc(-c3cnccn3)no2)C1. The Kier molecular flexibility index (Phi) is 4.49. The molecular weight excluding hydrogens is 358 g/mol. The van der Waals surface area contributed by atoms with Crippen LogP contribution in [0.1, 0.15) is 11.8 Å². The summed E-state index contributed by atoms with van der Waals surface area (Å²) in [7, 11) is 0. The van der Waals surface area contributed by atoms with Gasteiger partial charge < -0.3 is 14.2 Å². The minimum absolute atomic E-state index is 0.0207. The van der Waals surface area contributed by atoms with Gasteiger partial charge in [0.05, 0.1) is 12.1 Å². The van der Waals surface area contributed by atoms with Gasteiger partial charge in [-0.05, 0) is 24.3 Å². The highest BCUT2D eigenvalue weighted by Crippen LogP contribution is 2.27. The number of ether oxygens (including phenoxy) is 1. The van der Waals surface area contributed by atoms with Gasteiger partial charge in [0.25, 0.3) is 5.91 Å². The molecule has 132 valence electrons. The fourth-order valence-electron chi connectivity index (χ4n) is 2.53. The van der Waals surface area contributed by atoms with Gasteiger partial charge in [-0.25, -0.2) is 4.98 Å². The van der Waals surface area contributed by atoms with Crippen LogP contribution in [-0.4, -0.2) is 50.6 Å². The van der Waals surface area contributed by atoms with Crippen LogP contribution in [0.2, 0.25) is 5.02 Å². The molecule has 1 aliphatic heterocycles. The van der Waals surface area contributed by atoms with Crippen LogP contribution in [-0.2, 0) is 4.79 Å². The number of aromatic nitrogens is 4. The number of benzene rings is 1. The predicted octanol–water partition coefficient (Wildman–Crippen LogP) is 2.18. The topological polar surface area (TPSA) is 94.2 Å². The summed E-state index contributed by atoms with van der Waals surface area (Å²) in [6.45, 7) is 1.01. The number of rotatable bonds is 5. The van der Waals surface area contributed by atoms with Crippen LogP contribution in [0.15, 0.2) is 47.4 Å². The van der Waals surface area contributed by atoms with E-state index in [1.165, 1.54) is 0 Å². The molecule has 0 atom stereocenters. The maximum absolute atomic E-state index is 12.2. The fourth-order valence-corrected chi connectivity index (χ4v) is 2.65. The van der Waals surface area contributed by atoms with E-state index in [4.69, 9.17) is 20.9 Å². The standard InChI is InChI=1S/C17H14ClN5O3/c18-12-1-3-13(4-2-12)25-10-15(24)23-8-11(9-23)17-21-16(22-26-17)14-7-19-5-6-20-14/h1-7,11H,8-10H2. The van der Waals surface area contributed by atoms with Crippen LogP contribution in [0.25, 0.3) is 11.5 Å². The molecule has 26 heavy (non-hydrogen) atoms. The lowest BCUT2D eigenvalue weighted by atomic mass is 10.0. The molecule has 8 nitrogen and oxygen atoms in total. The van der Waals surface area contributed by atoms with E-state index >= 15 is 0 Å². The van der Waals surface area contributed by atoms with Gasteiger partial charge in [-0.3, -0.25) is 9.78 Å². The summed E-state index contributed by atoms with van der Waals surface area (Å²) in [5.74, 6) is 1.42. The maximum atomic E-state index is 12.2. The lowest BCUT2D eigenvalue weighted by Gasteiger charge is -2.36. The molecule has 3 aromatic rings. The summed E-state index contributed by atoms with van der Waals surface area (Å²) in [5.41, 5.74) is 0.547. The Morgan fingerprint density at radius 1 is 1.27 bits per heavy atom. The van der Waals surface area contributed by atoms with Gasteiger partial charge >= 0.3 is 0 Å². The minimum atomic E-state index is -0.0927. The third-order valence-electron chi connectivity index (χ3n) is 3.99. The minimum Gasteiger partial charge on any atom is -0.484 e. The highest BCUT2D eigenvalue weighted by atomic mass is 35.5. The molecule has 0 aliphatic carbocycles. The smallest absolute Gasteiger partial charge is 0.260 e. The summed E-state index contributed by atoms with van der Waals surface area (Å²) in [6.07, 6.45) is 4.71. The van der Waals surface area contributed by atoms with Crippen molar-refractivity contribution >= 4 is 17.5 Å². The number of halogens is 1. The first-order chi connectivity index (χ1) is 12.7. The average molecular weight is 372 g/mol. The van der Waals surface area contributed by atoms with Gasteiger partial charge in [0.15, 0.2) is 6.61 Å². The summed E-state index contributed by atoms with van der Waals surface area (Å²) >= 11 is 5.81. The molecule has 0 spiro atoms. The average Bonchev–Trinajstić information content (AvgIpc) is 3.10. The van der Waals surface area contributed by atoms with Gasteiger partial charge in [0.2, 0.25) is 11.7 Å². The van der Waals surface area contributed by atoms with E-state index in [1.807, 2.05) is 0 Å². The highest BCUT2D eigenvalue weighted by Gasteiger charge is 2.35. The van der Waals surface area contributed by atoms with Gasteiger partial charge in [0, 0.05) is 30.5 Å². The second kappa shape index (κ2) is 7.09. The first kappa shape index (κ1) is 16.5. The van der Waals surface area contributed by atoms with Crippen molar-refractivity contribution in [3.8, 4) is 17.3 Å². The molecule has 0 bridgehead atoms. The molecule has 1 aromatic carbocycles. The molecule has 9 heteroatoms. The van der Waals surface area contributed by atoms with E-state index in [9.17, 15) is 4.79 Å². The van der Waals surface area contributed by atoms with E-state index in [0.717, 1.165) is 0 Å². The van der Waals surface area contributed by atoms with Gasteiger partial charge in [-0.1, -0.05) is 16.8 Å². The van der Waals surface area contributed by atoms with Crippen molar-refractivity contribution in [2.24, 2.45) is 0 Å². The summed E-state index contributed by atoms with van der Waals surface area (Å²) in [5, 5.41) is 4.53. The van der Waals surface area contributed by atoms with Crippen LogP contribution in [0.4, 0.5) is 0 Å². The van der Waals surface area contributed by atoms with Crippen molar-refractivity contribution in [2.45, 2.75) is 5.92 Å². The summed E-state index contributed by atoms with van der Waals surface area (Å²) in [4.78, 5) is 26.3.